The first-order valence-electron chi connectivity index (χ1n) is 10.1. The number of carbonyl (C=O) groups is 1. The van der Waals surface area contributed by atoms with Crippen molar-refractivity contribution in [3.05, 3.63) is 59.5 Å². The highest BCUT2D eigenvalue weighted by Gasteiger charge is 2.27. The number of aromatic nitrogens is 4. The number of amides is 1. The van der Waals surface area contributed by atoms with Gasteiger partial charge in [0.15, 0.2) is 5.65 Å². The normalized spacial score (nSPS) is 16.6. The number of hydrogen-bond acceptors (Lipinski definition) is 4. The maximum atomic E-state index is 11.3. The van der Waals surface area contributed by atoms with Crippen LogP contribution in [0, 0.1) is 13.8 Å². The molecule has 1 saturated heterocycles. The first-order valence-corrected chi connectivity index (χ1v) is 10.1. The number of aryl methyl sites for hydroxylation is 2. The summed E-state index contributed by atoms with van der Waals surface area (Å²) in [7, 11) is 0. The van der Waals surface area contributed by atoms with E-state index in [0.717, 1.165) is 41.2 Å². The molecular formula is C22H24N6O2. The zero-order valence-corrected chi connectivity index (χ0v) is 17.0. The summed E-state index contributed by atoms with van der Waals surface area (Å²) in [6, 6.07) is 14.7. The zero-order chi connectivity index (χ0) is 20.8. The summed E-state index contributed by atoms with van der Waals surface area (Å²) in [5.74, 6) is 0.828. The van der Waals surface area contributed by atoms with Crippen molar-refractivity contribution < 1.29 is 9.90 Å². The topological polar surface area (TPSA) is 87.7 Å². The molecule has 0 spiro atoms. The largest absolute Gasteiger partial charge is 0.465 e. The zero-order valence-electron chi connectivity index (χ0n) is 17.0. The van der Waals surface area contributed by atoms with Gasteiger partial charge < -0.3 is 19.9 Å². The standard InChI is InChI=1S/C22H24N6O2/c1-14-10-20-19(27(14)12-16-6-4-3-5-7-16)11-18(21-25-24-15(2)28(20)21)23-17-8-9-26(13-17)22(29)30/h3-7,10-11,17,23H,8-9,12-13H2,1-2H3,(H,29,30)/t17-/m0/s1. The monoisotopic (exact) mass is 404 g/mol. The minimum atomic E-state index is -0.870. The van der Waals surface area contributed by atoms with E-state index in [1.54, 1.807) is 0 Å². The van der Waals surface area contributed by atoms with Gasteiger partial charge in [0.2, 0.25) is 0 Å². The van der Waals surface area contributed by atoms with Crippen LogP contribution in [0.3, 0.4) is 0 Å². The Morgan fingerprint density at radius 1 is 1.17 bits per heavy atom. The van der Waals surface area contributed by atoms with Gasteiger partial charge >= 0.3 is 6.09 Å². The van der Waals surface area contributed by atoms with Crippen molar-refractivity contribution in [2.24, 2.45) is 0 Å². The van der Waals surface area contributed by atoms with Crippen molar-refractivity contribution in [1.29, 1.82) is 0 Å². The van der Waals surface area contributed by atoms with E-state index in [0.29, 0.717) is 13.1 Å². The van der Waals surface area contributed by atoms with Crippen LogP contribution in [-0.4, -0.2) is 54.4 Å². The third kappa shape index (κ3) is 3.04. The number of hydrogen-bond donors (Lipinski definition) is 2. The fourth-order valence-electron chi connectivity index (χ4n) is 4.39. The number of anilines is 1. The summed E-state index contributed by atoms with van der Waals surface area (Å²) < 4.78 is 4.38. The lowest BCUT2D eigenvalue weighted by Gasteiger charge is -2.17. The third-order valence-electron chi connectivity index (χ3n) is 5.91. The minimum absolute atomic E-state index is 0.0537. The summed E-state index contributed by atoms with van der Waals surface area (Å²) in [5.41, 5.74) is 6.23. The fourth-order valence-corrected chi connectivity index (χ4v) is 4.39. The molecule has 2 N–H and O–H groups in total. The van der Waals surface area contributed by atoms with Crippen molar-refractivity contribution in [2.75, 3.05) is 18.4 Å². The fraction of sp³-hybridized carbons (Fsp3) is 0.318. The van der Waals surface area contributed by atoms with Crippen molar-refractivity contribution in [2.45, 2.75) is 32.9 Å². The molecule has 4 aromatic rings. The van der Waals surface area contributed by atoms with Gasteiger partial charge in [-0.25, -0.2) is 4.79 Å². The maximum Gasteiger partial charge on any atom is 0.407 e. The van der Waals surface area contributed by atoms with Crippen LogP contribution < -0.4 is 5.32 Å². The number of fused-ring (bicyclic) bond motifs is 3. The Hall–Kier alpha value is -3.55. The Bertz CT molecular complexity index is 1240. The quantitative estimate of drug-likeness (QED) is 0.543. The number of rotatable bonds is 4. The summed E-state index contributed by atoms with van der Waals surface area (Å²) in [6.07, 6.45) is -0.0983. The van der Waals surface area contributed by atoms with Gasteiger partial charge in [-0.3, -0.25) is 4.40 Å². The lowest BCUT2D eigenvalue weighted by Crippen LogP contribution is -2.30. The average Bonchev–Trinajstić information content (AvgIpc) is 3.42. The molecule has 1 aliphatic heterocycles. The molecule has 0 aliphatic carbocycles. The van der Waals surface area contributed by atoms with Crippen LogP contribution in [0.15, 0.2) is 42.5 Å². The van der Waals surface area contributed by atoms with E-state index in [4.69, 9.17) is 0 Å². The first-order chi connectivity index (χ1) is 14.5. The van der Waals surface area contributed by atoms with Crippen LogP contribution in [0.4, 0.5) is 10.5 Å². The highest BCUT2D eigenvalue weighted by molar-refractivity contribution is 5.88. The second-order valence-corrected chi connectivity index (χ2v) is 7.95. The maximum absolute atomic E-state index is 11.3. The SMILES string of the molecule is Cc1cc2c(cc(N[C@H]3CCN(C(=O)O)C3)c3nnc(C)n32)n1Cc1ccccc1. The van der Waals surface area contributed by atoms with E-state index >= 15 is 0 Å². The van der Waals surface area contributed by atoms with Gasteiger partial charge in [0.1, 0.15) is 5.82 Å². The molecule has 4 heterocycles. The number of benzene rings is 1. The van der Waals surface area contributed by atoms with Gasteiger partial charge in [-0.15, -0.1) is 10.2 Å². The Balaban J connectivity index is 1.60. The second-order valence-electron chi connectivity index (χ2n) is 7.95. The second kappa shape index (κ2) is 7.05. The molecule has 0 saturated carbocycles. The molecule has 8 nitrogen and oxygen atoms in total. The number of carboxylic acid groups (broad SMARTS) is 1. The Morgan fingerprint density at radius 2 is 1.97 bits per heavy atom. The molecular weight excluding hydrogens is 380 g/mol. The Labute approximate surface area is 173 Å². The molecule has 0 radical (unpaired) electrons. The van der Waals surface area contributed by atoms with E-state index in [-0.39, 0.29) is 6.04 Å². The van der Waals surface area contributed by atoms with Gasteiger partial charge in [0.25, 0.3) is 0 Å². The molecule has 0 bridgehead atoms. The molecule has 0 unspecified atom stereocenters. The van der Waals surface area contributed by atoms with E-state index in [1.165, 1.54) is 16.2 Å². The van der Waals surface area contributed by atoms with Crippen LogP contribution in [0.1, 0.15) is 23.5 Å². The highest BCUT2D eigenvalue weighted by Crippen LogP contribution is 2.29. The minimum Gasteiger partial charge on any atom is -0.465 e. The smallest absolute Gasteiger partial charge is 0.407 e. The molecule has 1 aliphatic rings. The molecule has 30 heavy (non-hydrogen) atoms. The summed E-state index contributed by atoms with van der Waals surface area (Å²) in [5, 5.41) is 21.5. The molecule has 154 valence electrons. The number of nitrogens with zero attached hydrogens (tertiary/aromatic N) is 5. The Morgan fingerprint density at radius 3 is 2.70 bits per heavy atom. The highest BCUT2D eigenvalue weighted by atomic mass is 16.4. The van der Waals surface area contributed by atoms with Gasteiger partial charge in [-0.1, -0.05) is 30.3 Å². The third-order valence-corrected chi connectivity index (χ3v) is 5.91. The molecule has 8 heteroatoms. The summed E-state index contributed by atoms with van der Waals surface area (Å²) >= 11 is 0. The van der Waals surface area contributed by atoms with Crippen molar-refractivity contribution in [1.82, 2.24) is 24.1 Å². The van der Waals surface area contributed by atoms with Crippen molar-refractivity contribution >= 4 is 28.5 Å². The molecule has 1 atom stereocenters. The predicted molar refractivity (Wildman–Crippen MR) is 115 cm³/mol. The molecule has 3 aromatic heterocycles. The van der Waals surface area contributed by atoms with Crippen LogP contribution in [0.5, 0.6) is 0 Å². The van der Waals surface area contributed by atoms with Crippen molar-refractivity contribution in [3.63, 3.8) is 0 Å². The summed E-state index contributed by atoms with van der Waals surface area (Å²) in [4.78, 5) is 12.7. The number of likely N-dealkylation sites (tertiary alicyclic amines) is 1. The van der Waals surface area contributed by atoms with Gasteiger partial charge in [-0.05, 0) is 38.0 Å². The van der Waals surface area contributed by atoms with Gasteiger partial charge in [0.05, 0.1) is 16.7 Å². The van der Waals surface area contributed by atoms with Crippen LogP contribution in [-0.2, 0) is 6.54 Å². The van der Waals surface area contributed by atoms with Gasteiger partial charge in [0, 0.05) is 31.4 Å². The number of nitrogens with one attached hydrogen (secondary N) is 1. The van der Waals surface area contributed by atoms with E-state index in [9.17, 15) is 9.90 Å². The first kappa shape index (κ1) is 18.5. The molecule has 5 rings (SSSR count). The van der Waals surface area contributed by atoms with Crippen LogP contribution in [0.25, 0.3) is 16.7 Å². The molecule has 1 aromatic carbocycles. The summed E-state index contributed by atoms with van der Waals surface area (Å²) in [6.45, 7) is 5.86. The predicted octanol–water partition coefficient (Wildman–Crippen LogP) is 3.51. The lowest BCUT2D eigenvalue weighted by molar-refractivity contribution is 0.155. The van der Waals surface area contributed by atoms with E-state index in [1.807, 2.05) is 13.0 Å². The van der Waals surface area contributed by atoms with Gasteiger partial charge in [-0.2, -0.15) is 0 Å². The molecule has 1 fully saturated rings. The Kier molecular flexibility index (Phi) is 4.34. The van der Waals surface area contributed by atoms with E-state index in [2.05, 4.69) is 67.8 Å². The number of pyridine rings is 1. The van der Waals surface area contributed by atoms with Crippen molar-refractivity contribution in [3.8, 4) is 0 Å². The van der Waals surface area contributed by atoms with Crippen LogP contribution >= 0.6 is 0 Å². The van der Waals surface area contributed by atoms with Crippen LogP contribution in [0.2, 0.25) is 0 Å². The van der Waals surface area contributed by atoms with E-state index < -0.39 is 6.09 Å². The molecule has 1 amide bonds. The average molecular weight is 404 g/mol. The lowest BCUT2D eigenvalue weighted by atomic mass is 10.2.